The number of esters is 1. The van der Waals surface area contributed by atoms with E-state index >= 15 is 0 Å². The molecule has 3 aromatic rings. The molecule has 31 heavy (non-hydrogen) atoms. The van der Waals surface area contributed by atoms with Crippen molar-refractivity contribution < 1.29 is 19.1 Å². The number of anilines is 1. The highest BCUT2D eigenvalue weighted by molar-refractivity contribution is 6.00. The van der Waals surface area contributed by atoms with E-state index in [0.29, 0.717) is 22.6 Å². The molecule has 0 amide bonds. The molecule has 1 aliphatic heterocycles. The smallest absolute Gasteiger partial charge is 0.343 e. The summed E-state index contributed by atoms with van der Waals surface area (Å²) in [4.78, 5) is 31.0. The minimum atomic E-state index is -0.534. The van der Waals surface area contributed by atoms with E-state index in [1.54, 1.807) is 26.0 Å². The van der Waals surface area contributed by atoms with Crippen LogP contribution in [0.5, 0.6) is 5.75 Å². The van der Waals surface area contributed by atoms with Crippen molar-refractivity contribution in [1.29, 1.82) is 0 Å². The van der Waals surface area contributed by atoms with E-state index < -0.39 is 5.97 Å². The second-order valence-electron chi connectivity index (χ2n) is 7.00. The Morgan fingerprint density at radius 3 is 2.65 bits per heavy atom. The van der Waals surface area contributed by atoms with Crippen molar-refractivity contribution >= 4 is 29.2 Å². The molecule has 0 radical (unpaired) electrons. The normalized spacial score (nSPS) is 15.2. The van der Waals surface area contributed by atoms with Crippen LogP contribution < -0.4 is 15.0 Å². The Morgan fingerprint density at radius 2 is 1.94 bits per heavy atom. The van der Waals surface area contributed by atoms with Gasteiger partial charge in [0.2, 0.25) is 0 Å². The van der Waals surface area contributed by atoms with Crippen molar-refractivity contribution in [3.8, 4) is 5.75 Å². The number of rotatable bonds is 5. The molecule has 1 aliphatic rings. The zero-order valence-electron chi connectivity index (χ0n) is 17.7. The lowest BCUT2D eigenvalue weighted by Gasteiger charge is -2.09. The first-order chi connectivity index (χ1) is 15.0. The minimum absolute atomic E-state index is 0.133. The van der Waals surface area contributed by atoms with Crippen LogP contribution in [0.15, 0.2) is 48.4 Å². The maximum Gasteiger partial charge on any atom is 0.343 e. The van der Waals surface area contributed by atoms with Gasteiger partial charge in [-0.1, -0.05) is 31.2 Å². The number of Topliss-reactive ketones (excluding diaryl/α,β-unsaturated/α-hetero) is 1. The van der Waals surface area contributed by atoms with E-state index in [-0.39, 0.29) is 23.5 Å². The summed E-state index contributed by atoms with van der Waals surface area (Å²) in [7, 11) is 3.23. The van der Waals surface area contributed by atoms with Gasteiger partial charge in [-0.3, -0.25) is 4.79 Å². The highest BCUT2D eigenvalue weighted by Gasteiger charge is 2.24. The van der Waals surface area contributed by atoms with Crippen LogP contribution in [0.1, 0.15) is 39.9 Å². The third-order valence-corrected chi connectivity index (χ3v) is 5.08. The van der Waals surface area contributed by atoms with Gasteiger partial charge in [-0.15, -0.1) is 0 Å². The number of benzene rings is 1. The number of imidazole rings is 1. The summed E-state index contributed by atoms with van der Waals surface area (Å²) in [5.74, 6) is 0.817. The molecule has 1 aromatic carbocycles. The van der Waals surface area contributed by atoms with Crippen molar-refractivity contribution in [2.24, 2.45) is 0 Å². The van der Waals surface area contributed by atoms with Crippen molar-refractivity contribution in [3.63, 3.8) is 0 Å². The number of aryl methyl sites for hydroxylation is 1. The third-order valence-electron chi connectivity index (χ3n) is 5.08. The number of fused-ring (bicyclic) bond motifs is 2. The number of methoxy groups -OCH3 is 1. The third kappa shape index (κ3) is 3.46. The van der Waals surface area contributed by atoms with E-state index in [1.807, 2.05) is 48.4 Å². The summed E-state index contributed by atoms with van der Waals surface area (Å²) in [6.07, 6.45) is 7.46. The summed E-state index contributed by atoms with van der Waals surface area (Å²) in [6.45, 7) is 3.47. The number of aromatic nitrogens is 3. The van der Waals surface area contributed by atoms with Gasteiger partial charge in [0.1, 0.15) is 11.3 Å². The van der Waals surface area contributed by atoms with E-state index in [1.165, 1.54) is 11.6 Å². The summed E-state index contributed by atoms with van der Waals surface area (Å²) in [5.41, 5.74) is 2.33. The fraction of sp³-hybridized carbons (Fsp3) is 0.217. The Balaban J connectivity index is 1.73. The first kappa shape index (κ1) is 20.3. The Bertz CT molecular complexity index is 1300. The highest BCUT2D eigenvalue weighted by Crippen LogP contribution is 2.37. The van der Waals surface area contributed by atoms with Crippen LogP contribution >= 0.6 is 0 Å². The molecule has 0 saturated carbocycles. The van der Waals surface area contributed by atoms with Gasteiger partial charge in [0.15, 0.2) is 23.1 Å². The number of carbonyl (C=O) groups is 2. The molecule has 0 atom stereocenters. The number of allylic oxidation sites excluding steroid dienone is 3. The van der Waals surface area contributed by atoms with Crippen molar-refractivity contribution in [2.75, 3.05) is 19.1 Å². The summed E-state index contributed by atoms with van der Waals surface area (Å²) in [5, 5.41) is 4.92. The van der Waals surface area contributed by atoms with Gasteiger partial charge in [0.05, 0.1) is 23.8 Å². The van der Waals surface area contributed by atoms with E-state index in [9.17, 15) is 9.59 Å². The molecule has 8 heteroatoms. The van der Waals surface area contributed by atoms with E-state index in [2.05, 4.69) is 10.1 Å². The Hall–Kier alpha value is -3.94. The predicted octanol–water partition coefficient (Wildman–Crippen LogP) is 2.84. The maximum absolute atomic E-state index is 12.4. The molecule has 4 rings (SSSR count). The Kier molecular flexibility index (Phi) is 5.29. The monoisotopic (exact) mass is 418 g/mol. The summed E-state index contributed by atoms with van der Waals surface area (Å²) < 4.78 is 12.2. The molecule has 3 heterocycles. The number of hydrogen-bond acceptors (Lipinski definition) is 7. The van der Waals surface area contributed by atoms with Crippen LogP contribution in [0.3, 0.4) is 0 Å². The Labute approximate surface area is 179 Å². The summed E-state index contributed by atoms with van der Waals surface area (Å²) in [6, 6.07) is 7.78. The average molecular weight is 418 g/mol. The maximum atomic E-state index is 12.4. The second-order valence-corrected chi connectivity index (χ2v) is 7.00. The van der Waals surface area contributed by atoms with Gasteiger partial charge in [0, 0.05) is 13.5 Å². The zero-order chi connectivity index (χ0) is 22.1. The lowest BCUT2D eigenvalue weighted by molar-refractivity contribution is 0.0601. The van der Waals surface area contributed by atoms with Crippen molar-refractivity contribution in [1.82, 2.24) is 14.6 Å². The first-order valence-electron chi connectivity index (χ1n) is 9.86. The van der Waals surface area contributed by atoms with Gasteiger partial charge in [-0.25, -0.2) is 14.3 Å². The number of ketones is 1. The van der Waals surface area contributed by atoms with Crippen LogP contribution in [0.25, 0.3) is 11.7 Å². The fourth-order valence-corrected chi connectivity index (χ4v) is 3.46. The first-order valence-corrected chi connectivity index (χ1v) is 9.86. The fourth-order valence-electron chi connectivity index (χ4n) is 3.46. The molecule has 2 aromatic heterocycles. The molecule has 0 spiro atoms. The standard InChI is InChI=1S/C23H22N4O4/c1-5-17(28)21-16(27-22(24-21)20(14(2)25-27)23(29)30-4)11-7-9-13-19-26(3)15-10-6-8-12-18(15)31-19/h6-13H,5H2,1-4H3/b9-7+,16-11-,19-13-. The van der Waals surface area contributed by atoms with Crippen LogP contribution in [0.4, 0.5) is 5.69 Å². The van der Waals surface area contributed by atoms with Crippen LogP contribution in [0, 0.1) is 6.92 Å². The van der Waals surface area contributed by atoms with Gasteiger partial charge < -0.3 is 14.4 Å². The number of hydrogen-bond donors (Lipinski definition) is 0. The zero-order valence-corrected chi connectivity index (χ0v) is 17.7. The van der Waals surface area contributed by atoms with E-state index in [0.717, 1.165) is 11.4 Å². The lowest BCUT2D eigenvalue weighted by atomic mass is 10.2. The minimum Gasteiger partial charge on any atom is -0.465 e. The molecule has 0 N–H and O–H groups in total. The van der Waals surface area contributed by atoms with Gasteiger partial charge in [0.25, 0.3) is 0 Å². The number of nitrogens with zero attached hydrogens (tertiary/aromatic N) is 4. The van der Waals surface area contributed by atoms with Gasteiger partial charge in [-0.2, -0.15) is 5.10 Å². The van der Waals surface area contributed by atoms with Crippen LogP contribution in [-0.2, 0) is 4.74 Å². The van der Waals surface area contributed by atoms with Crippen LogP contribution in [0.2, 0.25) is 0 Å². The molecule has 0 unspecified atom stereocenters. The number of para-hydroxylation sites is 2. The average Bonchev–Trinajstić information content (AvgIpc) is 3.39. The van der Waals surface area contributed by atoms with Crippen LogP contribution in [-0.4, -0.2) is 40.5 Å². The van der Waals surface area contributed by atoms with E-state index in [4.69, 9.17) is 9.47 Å². The predicted molar refractivity (Wildman–Crippen MR) is 116 cm³/mol. The molecular formula is C23H22N4O4. The molecular weight excluding hydrogens is 396 g/mol. The molecule has 0 fully saturated rings. The molecule has 0 bridgehead atoms. The highest BCUT2D eigenvalue weighted by atomic mass is 16.5. The van der Waals surface area contributed by atoms with Crippen molar-refractivity contribution in [3.05, 3.63) is 70.7 Å². The topological polar surface area (TPSA) is 86.0 Å². The quantitative estimate of drug-likeness (QED) is 0.465. The SMILES string of the molecule is CCC(=O)c1nc2c(C(=O)OC)c(C)nn2\c1=C/C=C/C=C1\Oc2ccccc2N1C. The van der Waals surface area contributed by atoms with Gasteiger partial charge >= 0.3 is 5.97 Å². The molecule has 0 saturated heterocycles. The lowest BCUT2D eigenvalue weighted by Crippen LogP contribution is -2.18. The second kappa shape index (κ2) is 8.06. The largest absolute Gasteiger partial charge is 0.465 e. The molecule has 158 valence electrons. The molecule has 0 aliphatic carbocycles. The van der Waals surface area contributed by atoms with Gasteiger partial charge in [-0.05, 0) is 31.2 Å². The van der Waals surface area contributed by atoms with Crippen molar-refractivity contribution in [2.45, 2.75) is 20.3 Å². The summed E-state index contributed by atoms with van der Waals surface area (Å²) >= 11 is 0. The number of ether oxygens (including phenoxy) is 2. The number of carbonyl (C=O) groups excluding carboxylic acids is 2. The molecule has 8 nitrogen and oxygen atoms in total. The Morgan fingerprint density at radius 1 is 1.19 bits per heavy atom.